The summed E-state index contributed by atoms with van der Waals surface area (Å²) in [4.78, 5) is 10.1. The first kappa shape index (κ1) is 12.8. The van der Waals surface area contributed by atoms with Crippen LogP contribution in [0.4, 0.5) is 10.9 Å². The van der Waals surface area contributed by atoms with Gasteiger partial charge in [0.05, 0.1) is 4.88 Å². The van der Waals surface area contributed by atoms with Gasteiger partial charge in [0.2, 0.25) is 0 Å². The second-order valence-corrected chi connectivity index (χ2v) is 5.42. The largest absolute Gasteiger partial charge is 0.316 e. The van der Waals surface area contributed by atoms with Crippen molar-refractivity contribution in [3.63, 3.8) is 0 Å². The lowest BCUT2D eigenvalue weighted by atomic mass is 10.2. The van der Waals surface area contributed by atoms with Crippen LogP contribution >= 0.6 is 11.3 Å². The molecular weight excluding hydrogens is 266 g/mol. The average molecular weight is 281 g/mol. The van der Waals surface area contributed by atoms with Gasteiger partial charge in [-0.05, 0) is 24.1 Å². The summed E-state index contributed by atoms with van der Waals surface area (Å²) in [5.74, 6) is 0.846. The van der Waals surface area contributed by atoms with Gasteiger partial charge in [0.1, 0.15) is 5.82 Å². The van der Waals surface area contributed by atoms with Gasteiger partial charge >= 0.3 is 0 Å². The topological polar surface area (TPSA) is 37.8 Å². The molecule has 20 heavy (non-hydrogen) atoms. The summed E-state index contributed by atoms with van der Waals surface area (Å²) >= 11 is 1.63. The zero-order chi connectivity index (χ0) is 13.8. The van der Waals surface area contributed by atoms with Crippen molar-refractivity contribution in [1.82, 2.24) is 9.97 Å². The van der Waals surface area contributed by atoms with Crippen LogP contribution in [0.1, 0.15) is 12.6 Å². The standard InChI is InChI=1S/C16H15N3S/c1-2-13-9-6-10-15(18-13)19-16-17-11-14(20-16)12-7-4-3-5-8-12/h3-11H,2H2,1H3,(H,17,18,19). The number of aromatic nitrogens is 2. The molecule has 2 aromatic heterocycles. The van der Waals surface area contributed by atoms with Gasteiger partial charge in [-0.15, -0.1) is 0 Å². The van der Waals surface area contributed by atoms with E-state index in [1.54, 1.807) is 11.3 Å². The van der Waals surface area contributed by atoms with E-state index >= 15 is 0 Å². The number of aryl methyl sites for hydroxylation is 1. The summed E-state index contributed by atoms with van der Waals surface area (Å²) in [5.41, 5.74) is 2.27. The first-order valence-electron chi connectivity index (χ1n) is 6.59. The minimum Gasteiger partial charge on any atom is -0.316 e. The van der Waals surface area contributed by atoms with E-state index in [1.807, 2.05) is 42.6 Å². The molecule has 1 N–H and O–H groups in total. The van der Waals surface area contributed by atoms with Crippen LogP contribution < -0.4 is 5.32 Å². The molecule has 0 bridgehead atoms. The monoisotopic (exact) mass is 281 g/mol. The van der Waals surface area contributed by atoms with Crippen LogP contribution in [0.25, 0.3) is 10.4 Å². The number of rotatable bonds is 4. The molecule has 0 saturated heterocycles. The summed E-state index contributed by atoms with van der Waals surface area (Å²) in [7, 11) is 0. The Balaban J connectivity index is 1.80. The molecular formula is C16H15N3S. The Kier molecular flexibility index (Phi) is 3.74. The molecule has 0 spiro atoms. The molecule has 0 fully saturated rings. The molecule has 1 aromatic carbocycles. The van der Waals surface area contributed by atoms with Crippen molar-refractivity contribution in [1.29, 1.82) is 0 Å². The third-order valence-electron chi connectivity index (χ3n) is 2.97. The van der Waals surface area contributed by atoms with E-state index in [9.17, 15) is 0 Å². The highest BCUT2D eigenvalue weighted by Crippen LogP contribution is 2.29. The van der Waals surface area contributed by atoms with Crippen LogP contribution in [0, 0.1) is 0 Å². The number of anilines is 2. The molecule has 3 rings (SSSR count). The molecule has 0 saturated carbocycles. The molecule has 0 radical (unpaired) electrons. The van der Waals surface area contributed by atoms with E-state index < -0.39 is 0 Å². The van der Waals surface area contributed by atoms with Gasteiger partial charge in [-0.1, -0.05) is 54.7 Å². The number of hydrogen-bond acceptors (Lipinski definition) is 4. The van der Waals surface area contributed by atoms with Gasteiger partial charge in [0, 0.05) is 11.9 Å². The van der Waals surface area contributed by atoms with Crippen molar-refractivity contribution in [2.45, 2.75) is 13.3 Å². The predicted molar refractivity (Wildman–Crippen MR) is 84.4 cm³/mol. The third kappa shape index (κ3) is 2.86. The first-order valence-corrected chi connectivity index (χ1v) is 7.41. The second kappa shape index (κ2) is 5.84. The van der Waals surface area contributed by atoms with Crippen LogP contribution in [0.5, 0.6) is 0 Å². The van der Waals surface area contributed by atoms with Gasteiger partial charge in [0.25, 0.3) is 0 Å². The minimum atomic E-state index is 0.846. The quantitative estimate of drug-likeness (QED) is 0.764. The molecule has 3 nitrogen and oxygen atoms in total. The Morgan fingerprint density at radius 3 is 2.70 bits per heavy atom. The van der Waals surface area contributed by atoms with Crippen molar-refractivity contribution in [3.05, 3.63) is 60.4 Å². The van der Waals surface area contributed by atoms with Crippen molar-refractivity contribution >= 4 is 22.3 Å². The highest BCUT2D eigenvalue weighted by atomic mass is 32.1. The molecule has 0 unspecified atom stereocenters. The molecule has 3 aromatic rings. The van der Waals surface area contributed by atoms with Crippen molar-refractivity contribution in [2.24, 2.45) is 0 Å². The molecule has 0 aliphatic heterocycles. The van der Waals surface area contributed by atoms with Crippen molar-refractivity contribution < 1.29 is 0 Å². The molecule has 0 aliphatic carbocycles. The van der Waals surface area contributed by atoms with Gasteiger partial charge in [-0.3, -0.25) is 0 Å². The highest BCUT2D eigenvalue weighted by Gasteiger charge is 2.05. The lowest BCUT2D eigenvalue weighted by molar-refractivity contribution is 1.04. The van der Waals surface area contributed by atoms with Crippen LogP contribution in [0.15, 0.2) is 54.7 Å². The van der Waals surface area contributed by atoms with E-state index in [-0.39, 0.29) is 0 Å². The highest BCUT2D eigenvalue weighted by molar-refractivity contribution is 7.18. The first-order chi connectivity index (χ1) is 9.85. The summed E-state index contributed by atoms with van der Waals surface area (Å²) in [6, 6.07) is 16.3. The van der Waals surface area contributed by atoms with E-state index in [2.05, 4.69) is 34.3 Å². The van der Waals surface area contributed by atoms with Crippen molar-refractivity contribution in [2.75, 3.05) is 5.32 Å². The lowest BCUT2D eigenvalue weighted by Gasteiger charge is -2.03. The van der Waals surface area contributed by atoms with E-state index in [1.165, 1.54) is 5.56 Å². The maximum absolute atomic E-state index is 4.52. The normalized spacial score (nSPS) is 10.4. The maximum Gasteiger partial charge on any atom is 0.188 e. The number of nitrogens with one attached hydrogen (secondary N) is 1. The Bertz CT molecular complexity index is 692. The van der Waals surface area contributed by atoms with Crippen molar-refractivity contribution in [3.8, 4) is 10.4 Å². The fraction of sp³-hybridized carbons (Fsp3) is 0.125. The molecule has 0 aliphatic rings. The van der Waals surface area contributed by atoms with Crippen LogP contribution in [0.2, 0.25) is 0 Å². The summed E-state index contributed by atoms with van der Waals surface area (Å²) in [6.07, 6.45) is 2.83. The zero-order valence-electron chi connectivity index (χ0n) is 11.2. The minimum absolute atomic E-state index is 0.846. The third-order valence-corrected chi connectivity index (χ3v) is 3.93. The Hall–Kier alpha value is -2.20. The molecule has 0 atom stereocenters. The van der Waals surface area contributed by atoms with Gasteiger partial charge in [-0.2, -0.15) is 0 Å². The Labute approximate surface area is 122 Å². The number of hydrogen-bond donors (Lipinski definition) is 1. The fourth-order valence-electron chi connectivity index (χ4n) is 1.92. The molecule has 4 heteroatoms. The molecule has 100 valence electrons. The second-order valence-electron chi connectivity index (χ2n) is 4.39. The zero-order valence-corrected chi connectivity index (χ0v) is 12.0. The van der Waals surface area contributed by atoms with Gasteiger partial charge < -0.3 is 5.32 Å². The number of thiazole rings is 1. The fourth-order valence-corrected chi connectivity index (χ4v) is 2.75. The van der Waals surface area contributed by atoms with Gasteiger partial charge in [0.15, 0.2) is 5.13 Å². The van der Waals surface area contributed by atoms with Gasteiger partial charge in [-0.25, -0.2) is 9.97 Å². The lowest BCUT2D eigenvalue weighted by Crippen LogP contribution is -1.95. The molecule has 2 heterocycles. The Morgan fingerprint density at radius 1 is 1.05 bits per heavy atom. The van der Waals surface area contributed by atoms with E-state index in [0.29, 0.717) is 0 Å². The van der Waals surface area contributed by atoms with E-state index in [4.69, 9.17) is 0 Å². The predicted octanol–water partition coefficient (Wildman–Crippen LogP) is 4.51. The summed E-state index contributed by atoms with van der Waals surface area (Å²) < 4.78 is 0. The van der Waals surface area contributed by atoms with Crippen LogP contribution in [0.3, 0.4) is 0 Å². The van der Waals surface area contributed by atoms with Crippen LogP contribution in [-0.2, 0) is 6.42 Å². The van der Waals surface area contributed by atoms with E-state index in [0.717, 1.165) is 27.9 Å². The maximum atomic E-state index is 4.52. The molecule has 0 amide bonds. The number of benzene rings is 1. The SMILES string of the molecule is CCc1cccc(Nc2ncc(-c3ccccc3)s2)n1. The number of nitrogens with zero attached hydrogens (tertiary/aromatic N) is 2. The Morgan fingerprint density at radius 2 is 1.90 bits per heavy atom. The summed E-state index contributed by atoms with van der Waals surface area (Å²) in [6.45, 7) is 2.10. The average Bonchev–Trinajstić information content (AvgIpc) is 2.97. The van der Waals surface area contributed by atoms with Crippen LogP contribution in [-0.4, -0.2) is 9.97 Å². The summed E-state index contributed by atoms with van der Waals surface area (Å²) in [5, 5.41) is 4.13. The number of pyridine rings is 1. The smallest absolute Gasteiger partial charge is 0.188 e.